The molecular weight excluding hydrogens is 292 g/mol. The molecule has 1 aromatic carbocycles. The predicted octanol–water partition coefficient (Wildman–Crippen LogP) is 2.25. The average Bonchev–Trinajstić information content (AvgIpc) is 3.15. The van der Waals surface area contributed by atoms with Crippen molar-refractivity contribution in [3.63, 3.8) is 0 Å². The second-order valence-electron chi connectivity index (χ2n) is 7.11. The maximum absolute atomic E-state index is 12.6. The zero-order valence-electron chi connectivity index (χ0n) is 13.1. The number of fused-ring (bicyclic) bond motifs is 3. The minimum atomic E-state index is -0.758. The summed E-state index contributed by atoms with van der Waals surface area (Å²) in [5.41, 5.74) is 2.50. The van der Waals surface area contributed by atoms with E-state index in [1.165, 1.54) is 11.1 Å². The van der Waals surface area contributed by atoms with Gasteiger partial charge < -0.3 is 15.3 Å². The summed E-state index contributed by atoms with van der Waals surface area (Å²) in [4.78, 5) is 26.0. The van der Waals surface area contributed by atoms with Crippen LogP contribution in [0.4, 0.5) is 4.79 Å². The summed E-state index contributed by atoms with van der Waals surface area (Å²) in [6, 6.07) is 7.89. The third kappa shape index (κ3) is 2.48. The largest absolute Gasteiger partial charge is 0.481 e. The fourth-order valence-electron chi connectivity index (χ4n) is 4.76. The van der Waals surface area contributed by atoms with E-state index in [9.17, 15) is 14.7 Å². The van der Waals surface area contributed by atoms with Crippen molar-refractivity contribution in [1.29, 1.82) is 0 Å². The van der Waals surface area contributed by atoms with Gasteiger partial charge in [0.15, 0.2) is 0 Å². The lowest BCUT2D eigenvalue weighted by atomic mass is 9.84. The van der Waals surface area contributed by atoms with Gasteiger partial charge in [-0.3, -0.25) is 4.79 Å². The molecule has 2 bridgehead atoms. The van der Waals surface area contributed by atoms with E-state index >= 15 is 0 Å². The molecule has 1 aromatic rings. The number of rotatable bonds is 2. The van der Waals surface area contributed by atoms with Crippen LogP contribution in [0, 0.1) is 17.8 Å². The minimum Gasteiger partial charge on any atom is -0.481 e. The van der Waals surface area contributed by atoms with Crippen LogP contribution in [0.5, 0.6) is 0 Å². The van der Waals surface area contributed by atoms with Gasteiger partial charge >= 0.3 is 12.0 Å². The van der Waals surface area contributed by atoms with Crippen molar-refractivity contribution < 1.29 is 14.7 Å². The molecule has 2 saturated carbocycles. The average molecular weight is 314 g/mol. The van der Waals surface area contributed by atoms with Crippen LogP contribution in [0.25, 0.3) is 0 Å². The Balaban J connectivity index is 1.45. The molecule has 0 spiro atoms. The quantitative estimate of drug-likeness (QED) is 0.879. The second-order valence-corrected chi connectivity index (χ2v) is 7.11. The summed E-state index contributed by atoms with van der Waals surface area (Å²) in [6.07, 6.45) is 3.85. The highest BCUT2D eigenvalue weighted by molar-refractivity contribution is 5.78. The summed E-state index contributed by atoms with van der Waals surface area (Å²) in [7, 11) is 0. The Morgan fingerprint density at radius 3 is 2.65 bits per heavy atom. The number of urea groups is 1. The Morgan fingerprint density at radius 1 is 1.13 bits per heavy atom. The molecule has 0 radical (unpaired) electrons. The monoisotopic (exact) mass is 314 g/mol. The molecule has 0 unspecified atom stereocenters. The molecular formula is C18H22N2O3. The van der Waals surface area contributed by atoms with Crippen molar-refractivity contribution >= 4 is 12.0 Å². The molecule has 1 heterocycles. The normalized spacial score (nSPS) is 31.7. The Morgan fingerprint density at radius 2 is 1.87 bits per heavy atom. The molecule has 4 atom stereocenters. The predicted molar refractivity (Wildman–Crippen MR) is 84.8 cm³/mol. The van der Waals surface area contributed by atoms with Crippen molar-refractivity contribution in [1.82, 2.24) is 10.2 Å². The lowest BCUT2D eigenvalue weighted by molar-refractivity contribution is -0.144. The number of amides is 2. The first kappa shape index (κ1) is 14.5. The van der Waals surface area contributed by atoms with E-state index < -0.39 is 11.9 Å². The standard InChI is InChI=1S/C18H22N2O3/c21-17(22)15-12-5-6-13(9-12)16(15)19-18(23)20-8-7-11-3-1-2-4-14(11)10-20/h1-4,12-13,15-16H,5-10H2,(H,19,23)(H,21,22)/t12-,13+,15+,16-/m1/s1. The van der Waals surface area contributed by atoms with E-state index in [0.29, 0.717) is 19.0 Å². The van der Waals surface area contributed by atoms with Crippen LogP contribution in [-0.4, -0.2) is 34.6 Å². The lowest BCUT2D eigenvalue weighted by Crippen LogP contribution is -2.52. The van der Waals surface area contributed by atoms with Crippen LogP contribution in [-0.2, 0) is 17.8 Å². The number of hydrogen-bond donors (Lipinski definition) is 2. The topological polar surface area (TPSA) is 69.6 Å². The smallest absolute Gasteiger partial charge is 0.317 e. The van der Waals surface area contributed by atoms with Gasteiger partial charge in [0.2, 0.25) is 0 Å². The number of carbonyl (C=O) groups is 2. The van der Waals surface area contributed by atoms with Gasteiger partial charge in [-0.25, -0.2) is 4.79 Å². The zero-order valence-corrected chi connectivity index (χ0v) is 13.1. The molecule has 2 aliphatic carbocycles. The van der Waals surface area contributed by atoms with Crippen molar-refractivity contribution in [2.75, 3.05) is 6.54 Å². The number of carboxylic acids is 1. The fraction of sp³-hybridized carbons (Fsp3) is 0.556. The number of carboxylic acid groups (broad SMARTS) is 1. The number of carbonyl (C=O) groups excluding carboxylic acids is 1. The van der Waals surface area contributed by atoms with Gasteiger partial charge in [-0.2, -0.15) is 0 Å². The van der Waals surface area contributed by atoms with E-state index in [1.54, 1.807) is 0 Å². The molecule has 3 aliphatic rings. The number of aliphatic carboxylic acids is 1. The number of nitrogens with zero attached hydrogens (tertiary/aromatic N) is 1. The third-order valence-electron chi connectivity index (χ3n) is 5.91. The van der Waals surface area contributed by atoms with Crippen LogP contribution in [0.15, 0.2) is 24.3 Å². The molecule has 2 fully saturated rings. The van der Waals surface area contributed by atoms with E-state index in [1.807, 2.05) is 17.0 Å². The summed E-state index contributed by atoms with van der Waals surface area (Å²) in [5, 5.41) is 12.5. The second kappa shape index (κ2) is 5.55. The number of nitrogens with one attached hydrogen (secondary N) is 1. The SMILES string of the molecule is O=C(O)[C@H]1[C@@H]2CC[C@@H](C2)[C@H]1NC(=O)N1CCc2ccccc2C1. The van der Waals surface area contributed by atoms with E-state index in [2.05, 4.69) is 17.4 Å². The van der Waals surface area contributed by atoms with Crippen LogP contribution >= 0.6 is 0 Å². The Labute approximate surface area is 135 Å². The molecule has 2 N–H and O–H groups in total. The first-order chi connectivity index (χ1) is 11.1. The number of hydrogen-bond acceptors (Lipinski definition) is 2. The first-order valence-electron chi connectivity index (χ1n) is 8.48. The third-order valence-corrected chi connectivity index (χ3v) is 5.91. The van der Waals surface area contributed by atoms with Crippen molar-refractivity contribution in [2.24, 2.45) is 17.8 Å². The van der Waals surface area contributed by atoms with E-state index in [4.69, 9.17) is 0 Å². The number of benzene rings is 1. The summed E-state index contributed by atoms with van der Waals surface area (Å²) < 4.78 is 0. The van der Waals surface area contributed by atoms with Crippen LogP contribution in [0.2, 0.25) is 0 Å². The zero-order chi connectivity index (χ0) is 16.0. The van der Waals surface area contributed by atoms with Crippen molar-refractivity contribution in [2.45, 2.75) is 38.3 Å². The highest BCUT2D eigenvalue weighted by atomic mass is 16.4. The van der Waals surface area contributed by atoms with Crippen LogP contribution in [0.1, 0.15) is 30.4 Å². The molecule has 5 heteroatoms. The summed E-state index contributed by atoms with van der Waals surface area (Å²) >= 11 is 0. The van der Waals surface area contributed by atoms with Crippen LogP contribution < -0.4 is 5.32 Å². The van der Waals surface area contributed by atoms with Gasteiger partial charge in [-0.05, 0) is 48.6 Å². The van der Waals surface area contributed by atoms with Gasteiger partial charge in [0.05, 0.1) is 5.92 Å². The molecule has 0 aromatic heterocycles. The Kier molecular flexibility index (Phi) is 3.51. The summed E-state index contributed by atoms with van der Waals surface area (Å²) in [6.45, 7) is 1.31. The van der Waals surface area contributed by atoms with Gasteiger partial charge in [0.25, 0.3) is 0 Å². The molecule has 122 valence electrons. The van der Waals surface area contributed by atoms with Gasteiger partial charge in [0.1, 0.15) is 0 Å². The minimum absolute atomic E-state index is 0.108. The summed E-state index contributed by atoms with van der Waals surface area (Å²) in [5.74, 6) is -0.590. The molecule has 2 amide bonds. The van der Waals surface area contributed by atoms with Crippen molar-refractivity contribution in [3.8, 4) is 0 Å². The highest BCUT2D eigenvalue weighted by Gasteiger charge is 2.51. The Hall–Kier alpha value is -2.04. The maximum Gasteiger partial charge on any atom is 0.317 e. The molecule has 1 aliphatic heterocycles. The molecule has 4 rings (SSSR count). The van der Waals surface area contributed by atoms with Crippen molar-refractivity contribution in [3.05, 3.63) is 35.4 Å². The van der Waals surface area contributed by atoms with Crippen LogP contribution in [0.3, 0.4) is 0 Å². The fourth-order valence-corrected chi connectivity index (χ4v) is 4.76. The van der Waals surface area contributed by atoms with Gasteiger partial charge in [0, 0.05) is 19.1 Å². The van der Waals surface area contributed by atoms with E-state index in [-0.39, 0.29) is 18.0 Å². The lowest BCUT2D eigenvalue weighted by Gasteiger charge is -2.34. The Bertz CT molecular complexity index is 645. The molecule has 0 saturated heterocycles. The van der Waals surface area contributed by atoms with Gasteiger partial charge in [-0.15, -0.1) is 0 Å². The maximum atomic E-state index is 12.6. The van der Waals surface area contributed by atoms with Gasteiger partial charge in [-0.1, -0.05) is 24.3 Å². The molecule has 23 heavy (non-hydrogen) atoms. The highest BCUT2D eigenvalue weighted by Crippen LogP contribution is 2.48. The van der Waals surface area contributed by atoms with E-state index in [0.717, 1.165) is 25.7 Å². The molecule has 5 nitrogen and oxygen atoms in total. The first-order valence-corrected chi connectivity index (χ1v) is 8.48.